The van der Waals surface area contributed by atoms with Crippen molar-refractivity contribution in [2.24, 2.45) is 0 Å². The normalized spacial score (nSPS) is 10.8. The predicted molar refractivity (Wildman–Crippen MR) is 80.1 cm³/mol. The molecule has 1 aromatic heterocycles. The summed E-state index contributed by atoms with van der Waals surface area (Å²) < 4.78 is 5.27. The van der Waals surface area contributed by atoms with E-state index in [-0.39, 0.29) is 5.75 Å². The Balaban J connectivity index is 1.82. The molecule has 0 amide bonds. The second-order valence-electron chi connectivity index (χ2n) is 5.18. The Kier molecular flexibility index (Phi) is 3.44. The summed E-state index contributed by atoms with van der Waals surface area (Å²) in [6, 6.07) is 13.6. The highest BCUT2D eigenvalue weighted by molar-refractivity contribution is 5.57. The number of hydrogen-bond acceptors (Lipinski definition) is 4. The van der Waals surface area contributed by atoms with Crippen LogP contribution >= 0.6 is 0 Å². The molecule has 0 fully saturated rings. The van der Waals surface area contributed by atoms with Crippen molar-refractivity contribution in [3.8, 4) is 17.2 Å². The summed E-state index contributed by atoms with van der Waals surface area (Å²) in [5.41, 5.74) is 3.90. The quantitative estimate of drug-likeness (QED) is 0.795. The Hall–Kier alpha value is -2.62. The van der Waals surface area contributed by atoms with Gasteiger partial charge in [-0.05, 0) is 37.1 Å². The number of phenolic OH excluding ortho intramolecular Hbond substituents is 1. The molecule has 3 rings (SSSR count). The van der Waals surface area contributed by atoms with Gasteiger partial charge in [-0.2, -0.15) is 4.98 Å². The molecule has 0 atom stereocenters. The van der Waals surface area contributed by atoms with E-state index >= 15 is 0 Å². The first kappa shape index (κ1) is 13.4. The molecule has 0 saturated carbocycles. The lowest BCUT2D eigenvalue weighted by Crippen LogP contribution is -1.90. The number of benzene rings is 2. The summed E-state index contributed by atoms with van der Waals surface area (Å²) in [4.78, 5) is 4.38. The van der Waals surface area contributed by atoms with Gasteiger partial charge in [-0.3, -0.25) is 0 Å². The zero-order chi connectivity index (χ0) is 14.8. The molecule has 1 heterocycles. The standard InChI is InChI=1S/C17H16N2O2/c1-11-3-6-13(7-4-11)9-16-18-17(21-19-16)14-8-5-12(2)15(20)10-14/h3-8,10,20H,9H2,1-2H3. The third-order valence-electron chi connectivity index (χ3n) is 3.41. The Morgan fingerprint density at radius 1 is 1.05 bits per heavy atom. The van der Waals surface area contributed by atoms with Crippen LogP contribution < -0.4 is 0 Å². The second-order valence-corrected chi connectivity index (χ2v) is 5.18. The van der Waals surface area contributed by atoms with Gasteiger partial charge >= 0.3 is 0 Å². The molecular formula is C17H16N2O2. The van der Waals surface area contributed by atoms with E-state index in [1.165, 1.54) is 5.56 Å². The summed E-state index contributed by atoms with van der Waals surface area (Å²) in [6.07, 6.45) is 0.627. The van der Waals surface area contributed by atoms with Crippen molar-refractivity contribution in [1.29, 1.82) is 0 Å². The highest BCUT2D eigenvalue weighted by Gasteiger charge is 2.10. The predicted octanol–water partition coefficient (Wildman–Crippen LogP) is 3.65. The maximum atomic E-state index is 9.74. The van der Waals surface area contributed by atoms with Crippen molar-refractivity contribution < 1.29 is 9.63 Å². The lowest BCUT2D eigenvalue weighted by Gasteiger charge is -1.99. The number of aromatic nitrogens is 2. The van der Waals surface area contributed by atoms with Crippen LogP contribution in [0, 0.1) is 13.8 Å². The highest BCUT2D eigenvalue weighted by atomic mass is 16.5. The first-order chi connectivity index (χ1) is 10.1. The molecule has 0 unspecified atom stereocenters. The molecule has 0 aliphatic rings. The molecule has 0 radical (unpaired) electrons. The van der Waals surface area contributed by atoms with Crippen molar-refractivity contribution in [3.05, 3.63) is 65.0 Å². The van der Waals surface area contributed by atoms with Crippen molar-refractivity contribution in [2.75, 3.05) is 0 Å². The van der Waals surface area contributed by atoms with Crippen LogP contribution in [0.5, 0.6) is 5.75 Å². The van der Waals surface area contributed by atoms with Crippen LogP contribution in [0.1, 0.15) is 22.5 Å². The van der Waals surface area contributed by atoms with Crippen LogP contribution in [0.15, 0.2) is 47.0 Å². The van der Waals surface area contributed by atoms with E-state index in [2.05, 4.69) is 41.3 Å². The van der Waals surface area contributed by atoms with Gasteiger partial charge in [0, 0.05) is 12.0 Å². The van der Waals surface area contributed by atoms with Crippen LogP contribution in [0.25, 0.3) is 11.5 Å². The van der Waals surface area contributed by atoms with Crippen molar-refractivity contribution in [2.45, 2.75) is 20.3 Å². The van der Waals surface area contributed by atoms with Gasteiger partial charge in [0.1, 0.15) is 5.75 Å². The smallest absolute Gasteiger partial charge is 0.258 e. The lowest BCUT2D eigenvalue weighted by molar-refractivity contribution is 0.423. The number of aryl methyl sites for hydroxylation is 2. The number of phenols is 1. The molecule has 21 heavy (non-hydrogen) atoms. The topological polar surface area (TPSA) is 59.2 Å². The average Bonchev–Trinajstić information content (AvgIpc) is 2.93. The van der Waals surface area contributed by atoms with Crippen LogP contribution in [0.3, 0.4) is 0 Å². The molecule has 0 saturated heterocycles. The number of aromatic hydroxyl groups is 1. The summed E-state index contributed by atoms with van der Waals surface area (Å²) in [7, 11) is 0. The largest absolute Gasteiger partial charge is 0.508 e. The van der Waals surface area contributed by atoms with Gasteiger partial charge in [0.2, 0.25) is 0 Å². The third-order valence-corrected chi connectivity index (χ3v) is 3.41. The zero-order valence-electron chi connectivity index (χ0n) is 12.0. The Bertz CT molecular complexity index is 761. The molecule has 2 aromatic carbocycles. The maximum absolute atomic E-state index is 9.74. The average molecular weight is 280 g/mol. The highest BCUT2D eigenvalue weighted by Crippen LogP contribution is 2.25. The molecule has 3 aromatic rings. The van der Waals surface area contributed by atoms with Gasteiger partial charge in [-0.25, -0.2) is 0 Å². The van der Waals surface area contributed by atoms with Gasteiger partial charge in [0.05, 0.1) is 0 Å². The summed E-state index contributed by atoms with van der Waals surface area (Å²) in [5.74, 6) is 1.28. The van der Waals surface area contributed by atoms with E-state index in [1.54, 1.807) is 6.07 Å². The van der Waals surface area contributed by atoms with Crippen LogP contribution in [-0.4, -0.2) is 15.2 Å². The van der Waals surface area contributed by atoms with Gasteiger partial charge in [0.25, 0.3) is 5.89 Å². The Morgan fingerprint density at radius 3 is 2.52 bits per heavy atom. The fourth-order valence-electron chi connectivity index (χ4n) is 2.07. The molecule has 4 heteroatoms. The minimum atomic E-state index is 0.228. The van der Waals surface area contributed by atoms with Crippen molar-refractivity contribution in [1.82, 2.24) is 10.1 Å². The summed E-state index contributed by atoms with van der Waals surface area (Å²) in [5, 5.41) is 13.7. The van der Waals surface area contributed by atoms with Crippen LogP contribution in [-0.2, 0) is 6.42 Å². The zero-order valence-corrected chi connectivity index (χ0v) is 12.0. The molecule has 0 bridgehead atoms. The molecule has 0 aliphatic carbocycles. The van der Waals surface area contributed by atoms with E-state index < -0.39 is 0 Å². The molecule has 4 nitrogen and oxygen atoms in total. The minimum absolute atomic E-state index is 0.228. The Labute approximate surface area is 123 Å². The number of rotatable bonds is 3. The Morgan fingerprint density at radius 2 is 1.81 bits per heavy atom. The summed E-state index contributed by atoms with van der Waals surface area (Å²) >= 11 is 0. The lowest BCUT2D eigenvalue weighted by atomic mass is 10.1. The number of hydrogen-bond donors (Lipinski definition) is 1. The fraction of sp³-hybridized carbons (Fsp3) is 0.176. The van der Waals surface area contributed by atoms with Gasteiger partial charge in [-0.15, -0.1) is 0 Å². The van der Waals surface area contributed by atoms with E-state index in [0.717, 1.165) is 16.7 Å². The maximum Gasteiger partial charge on any atom is 0.258 e. The van der Waals surface area contributed by atoms with Crippen molar-refractivity contribution >= 4 is 0 Å². The van der Waals surface area contributed by atoms with Crippen molar-refractivity contribution in [3.63, 3.8) is 0 Å². The first-order valence-corrected chi connectivity index (χ1v) is 6.80. The SMILES string of the molecule is Cc1ccc(Cc2noc(-c3ccc(C)c(O)c3)n2)cc1. The molecule has 0 aliphatic heterocycles. The third kappa shape index (κ3) is 2.94. The minimum Gasteiger partial charge on any atom is -0.508 e. The summed E-state index contributed by atoms with van der Waals surface area (Å²) in [6.45, 7) is 3.90. The molecule has 0 spiro atoms. The molecular weight excluding hydrogens is 264 g/mol. The number of nitrogens with zero attached hydrogens (tertiary/aromatic N) is 2. The monoisotopic (exact) mass is 280 g/mol. The second kappa shape index (κ2) is 5.40. The molecule has 1 N–H and O–H groups in total. The van der Waals surface area contributed by atoms with E-state index in [4.69, 9.17) is 4.52 Å². The van der Waals surface area contributed by atoms with Gasteiger partial charge in [0.15, 0.2) is 5.82 Å². The van der Waals surface area contributed by atoms with Gasteiger partial charge in [-0.1, -0.05) is 41.1 Å². The van der Waals surface area contributed by atoms with E-state index in [9.17, 15) is 5.11 Å². The van der Waals surface area contributed by atoms with Gasteiger partial charge < -0.3 is 9.63 Å². The van der Waals surface area contributed by atoms with Crippen LogP contribution in [0.2, 0.25) is 0 Å². The van der Waals surface area contributed by atoms with Crippen LogP contribution in [0.4, 0.5) is 0 Å². The van der Waals surface area contributed by atoms with E-state index in [0.29, 0.717) is 18.1 Å². The fourth-order valence-corrected chi connectivity index (χ4v) is 2.07. The van der Waals surface area contributed by atoms with E-state index in [1.807, 2.05) is 19.1 Å². The first-order valence-electron chi connectivity index (χ1n) is 6.80. The molecule has 106 valence electrons.